The van der Waals surface area contributed by atoms with Crippen LogP contribution >= 0.6 is 11.3 Å². The molecule has 1 atom stereocenters. The summed E-state index contributed by atoms with van der Waals surface area (Å²) >= 11 is 1.24. The van der Waals surface area contributed by atoms with Gasteiger partial charge in [-0.3, -0.25) is 9.59 Å². The molecule has 2 aromatic rings. The highest BCUT2D eigenvalue weighted by Crippen LogP contribution is 2.41. The zero-order valence-electron chi connectivity index (χ0n) is 17.4. The first kappa shape index (κ1) is 20.9. The van der Waals surface area contributed by atoms with Gasteiger partial charge in [0.25, 0.3) is 5.91 Å². The highest BCUT2D eigenvalue weighted by atomic mass is 32.2. The Labute approximate surface area is 179 Å². The van der Waals surface area contributed by atoms with Crippen molar-refractivity contribution in [3.05, 3.63) is 22.9 Å². The van der Waals surface area contributed by atoms with Gasteiger partial charge in [-0.15, -0.1) is 0 Å². The number of nitrogens with one attached hydrogen (secondary N) is 1. The zero-order valence-corrected chi connectivity index (χ0v) is 19.0. The first-order chi connectivity index (χ1) is 14.1. The molecule has 0 saturated heterocycles. The molecule has 0 radical (unpaired) electrons. The number of carbonyl (C=O) groups is 2. The number of hydrogen-bond acceptors (Lipinski definition) is 7. The third-order valence-electron chi connectivity index (χ3n) is 5.67. The van der Waals surface area contributed by atoms with Crippen molar-refractivity contribution in [2.45, 2.75) is 58.1 Å². The molecule has 1 unspecified atom stereocenters. The van der Waals surface area contributed by atoms with E-state index in [1.165, 1.54) is 18.3 Å². The third kappa shape index (κ3) is 3.62. The molecular weight excluding hydrogens is 424 g/mol. The highest BCUT2D eigenvalue weighted by Gasteiger charge is 2.42. The molecular formula is C20H24N4O4S2. The lowest BCUT2D eigenvalue weighted by Gasteiger charge is -2.23. The number of nitrogens with zero attached hydrogens (tertiary/aromatic N) is 3. The Morgan fingerprint density at radius 2 is 2.07 bits per heavy atom. The van der Waals surface area contributed by atoms with Crippen LogP contribution in [0.15, 0.2) is 11.1 Å². The number of pyridine rings is 1. The van der Waals surface area contributed by atoms with E-state index in [9.17, 15) is 18.0 Å². The monoisotopic (exact) mass is 448 g/mol. The Kier molecular flexibility index (Phi) is 5.17. The number of carbonyl (C=O) groups excluding carboxylic acids is 2. The maximum absolute atomic E-state index is 13.2. The molecule has 10 heteroatoms. The van der Waals surface area contributed by atoms with Crippen LogP contribution in [0.2, 0.25) is 0 Å². The molecule has 2 amide bonds. The van der Waals surface area contributed by atoms with Gasteiger partial charge >= 0.3 is 0 Å². The second-order valence-electron chi connectivity index (χ2n) is 7.88. The lowest BCUT2D eigenvalue weighted by Crippen LogP contribution is -2.35. The summed E-state index contributed by atoms with van der Waals surface area (Å²) in [5, 5.41) is 2.93. The van der Waals surface area contributed by atoms with E-state index in [0.717, 1.165) is 12.8 Å². The summed E-state index contributed by atoms with van der Waals surface area (Å²) in [5.41, 5.74) is 1.99. The van der Waals surface area contributed by atoms with E-state index >= 15 is 0 Å². The fourth-order valence-electron chi connectivity index (χ4n) is 3.80. The molecule has 160 valence electrons. The van der Waals surface area contributed by atoms with Gasteiger partial charge in [-0.25, -0.2) is 18.4 Å². The number of aryl methyl sites for hydroxylation is 1. The molecule has 0 bridgehead atoms. The Bertz CT molecular complexity index is 1150. The molecule has 8 nitrogen and oxygen atoms in total. The molecule has 1 fully saturated rings. The summed E-state index contributed by atoms with van der Waals surface area (Å²) in [6.45, 7) is 7.14. The van der Waals surface area contributed by atoms with Gasteiger partial charge in [0.15, 0.2) is 20.0 Å². The van der Waals surface area contributed by atoms with Gasteiger partial charge < -0.3 is 10.2 Å². The van der Waals surface area contributed by atoms with Crippen molar-refractivity contribution in [2.75, 3.05) is 11.1 Å². The Balaban J connectivity index is 1.84. The molecule has 1 N–H and O–H groups in total. The summed E-state index contributed by atoms with van der Waals surface area (Å²) < 4.78 is 25.7. The standard InChI is InChI=1S/C20H24N4O4S2/c1-5-30(27,28)18-16-14(9-24(19(16)26)11(3)13-6-7-13)8-15(23-18)17-10(2)21-20(29-17)22-12(4)25/h8,11,13H,5-7,9H2,1-4H3,(H,21,22,25). The highest BCUT2D eigenvalue weighted by molar-refractivity contribution is 7.91. The van der Waals surface area contributed by atoms with E-state index in [2.05, 4.69) is 15.3 Å². The molecule has 2 aromatic heterocycles. The van der Waals surface area contributed by atoms with Crippen LogP contribution in [0.5, 0.6) is 0 Å². The van der Waals surface area contributed by atoms with Crippen molar-refractivity contribution in [3.8, 4) is 10.6 Å². The minimum atomic E-state index is -3.71. The quantitative estimate of drug-likeness (QED) is 0.727. The fourth-order valence-corrected chi connectivity index (χ4v) is 5.82. The molecule has 1 saturated carbocycles. The summed E-state index contributed by atoms with van der Waals surface area (Å²) in [4.78, 5) is 35.7. The molecule has 30 heavy (non-hydrogen) atoms. The third-order valence-corrected chi connectivity index (χ3v) is 8.41. The average molecular weight is 449 g/mol. The second-order valence-corrected chi connectivity index (χ2v) is 11.1. The van der Waals surface area contributed by atoms with Crippen LogP contribution in [0.4, 0.5) is 5.13 Å². The van der Waals surface area contributed by atoms with Crippen LogP contribution in [0.1, 0.15) is 55.2 Å². The summed E-state index contributed by atoms with van der Waals surface area (Å²) in [6, 6.07) is 1.86. The molecule has 2 aliphatic rings. The SMILES string of the molecule is CCS(=O)(=O)c1nc(-c2sc(NC(C)=O)nc2C)cc2c1C(=O)N(C(C)C1CC1)C2. The van der Waals surface area contributed by atoms with Gasteiger partial charge in [0.1, 0.15) is 0 Å². The lowest BCUT2D eigenvalue weighted by atomic mass is 10.1. The topological polar surface area (TPSA) is 109 Å². The molecule has 0 aromatic carbocycles. The van der Waals surface area contributed by atoms with Gasteiger partial charge in [0, 0.05) is 19.5 Å². The molecule has 3 heterocycles. The maximum Gasteiger partial charge on any atom is 0.257 e. The average Bonchev–Trinajstić information content (AvgIpc) is 3.40. The van der Waals surface area contributed by atoms with E-state index in [4.69, 9.17) is 0 Å². The van der Waals surface area contributed by atoms with Gasteiger partial charge in [0.05, 0.1) is 27.6 Å². The molecule has 1 aliphatic heterocycles. The Hall–Kier alpha value is -2.33. The number of anilines is 1. The van der Waals surface area contributed by atoms with Crippen LogP contribution in [-0.2, 0) is 21.2 Å². The number of sulfone groups is 1. The van der Waals surface area contributed by atoms with Crippen molar-refractivity contribution < 1.29 is 18.0 Å². The van der Waals surface area contributed by atoms with Crippen LogP contribution in [0.3, 0.4) is 0 Å². The zero-order chi connectivity index (χ0) is 21.8. The van der Waals surface area contributed by atoms with Crippen molar-refractivity contribution in [1.29, 1.82) is 0 Å². The van der Waals surface area contributed by atoms with Crippen molar-refractivity contribution in [2.24, 2.45) is 5.92 Å². The molecule has 4 rings (SSSR count). The Morgan fingerprint density at radius 3 is 2.67 bits per heavy atom. The van der Waals surface area contributed by atoms with Crippen molar-refractivity contribution in [1.82, 2.24) is 14.9 Å². The van der Waals surface area contributed by atoms with E-state index in [1.54, 1.807) is 24.8 Å². The van der Waals surface area contributed by atoms with E-state index in [-0.39, 0.29) is 34.2 Å². The fraction of sp³-hybridized carbons (Fsp3) is 0.500. The number of fused-ring (bicyclic) bond motifs is 1. The van der Waals surface area contributed by atoms with Crippen molar-refractivity contribution >= 4 is 38.1 Å². The van der Waals surface area contributed by atoms with Crippen LogP contribution in [0, 0.1) is 12.8 Å². The minimum absolute atomic E-state index is 0.0713. The predicted octanol–water partition coefficient (Wildman–Crippen LogP) is 3.02. The lowest BCUT2D eigenvalue weighted by molar-refractivity contribution is -0.114. The number of thiazole rings is 1. The summed E-state index contributed by atoms with van der Waals surface area (Å²) in [7, 11) is -3.71. The smallest absolute Gasteiger partial charge is 0.257 e. The number of hydrogen-bond donors (Lipinski definition) is 1. The summed E-state index contributed by atoms with van der Waals surface area (Å²) in [5.74, 6) is -0.150. The predicted molar refractivity (Wildman–Crippen MR) is 114 cm³/mol. The van der Waals surface area contributed by atoms with Gasteiger partial charge in [-0.05, 0) is 44.2 Å². The molecule has 0 spiro atoms. The second kappa shape index (κ2) is 7.42. The normalized spacial score (nSPS) is 17.2. The van der Waals surface area contributed by atoms with E-state index in [1.807, 2.05) is 6.92 Å². The first-order valence-electron chi connectivity index (χ1n) is 9.95. The molecule has 1 aliphatic carbocycles. The number of aromatic nitrogens is 2. The van der Waals surface area contributed by atoms with Gasteiger partial charge in [0.2, 0.25) is 5.91 Å². The van der Waals surface area contributed by atoms with Crippen LogP contribution in [0.25, 0.3) is 10.6 Å². The largest absolute Gasteiger partial charge is 0.331 e. The van der Waals surface area contributed by atoms with Crippen LogP contribution in [-0.4, -0.2) is 46.9 Å². The number of rotatable bonds is 6. The minimum Gasteiger partial charge on any atom is -0.331 e. The summed E-state index contributed by atoms with van der Waals surface area (Å²) in [6.07, 6.45) is 2.19. The van der Waals surface area contributed by atoms with Gasteiger partial charge in [-0.1, -0.05) is 18.3 Å². The van der Waals surface area contributed by atoms with Crippen molar-refractivity contribution in [3.63, 3.8) is 0 Å². The van der Waals surface area contributed by atoms with Gasteiger partial charge in [-0.2, -0.15) is 0 Å². The Morgan fingerprint density at radius 1 is 1.37 bits per heavy atom. The van der Waals surface area contributed by atoms with Crippen LogP contribution < -0.4 is 5.32 Å². The van der Waals surface area contributed by atoms with E-state index in [0.29, 0.717) is 39.4 Å². The van der Waals surface area contributed by atoms with E-state index < -0.39 is 9.84 Å². The first-order valence-corrected chi connectivity index (χ1v) is 12.4. The number of amides is 2. The maximum atomic E-state index is 13.2.